The molecule has 0 saturated carbocycles. The van der Waals surface area contributed by atoms with Gasteiger partial charge in [-0.3, -0.25) is 0 Å². The van der Waals surface area contributed by atoms with Gasteiger partial charge in [-0.2, -0.15) is 12.7 Å². The first-order valence-electron chi connectivity index (χ1n) is 6.15. The summed E-state index contributed by atoms with van der Waals surface area (Å²) < 4.78 is 28.3. The van der Waals surface area contributed by atoms with Gasteiger partial charge in [0.2, 0.25) is 0 Å². The van der Waals surface area contributed by atoms with E-state index in [1.807, 2.05) is 27.7 Å². The van der Waals surface area contributed by atoms with Crippen LogP contribution in [0.1, 0.15) is 34.1 Å². The Morgan fingerprint density at radius 1 is 1.47 bits per heavy atom. The number of piperidine rings is 1. The predicted octanol–water partition coefficient (Wildman–Crippen LogP) is 0.536. The number of nitrogens with zero attached hydrogens (tertiary/aromatic N) is 1. The molecule has 0 aromatic heterocycles. The summed E-state index contributed by atoms with van der Waals surface area (Å²) in [6.07, 6.45) is 0.718. The van der Waals surface area contributed by atoms with E-state index < -0.39 is 10.2 Å². The van der Waals surface area contributed by atoms with E-state index in [2.05, 4.69) is 4.72 Å². The van der Waals surface area contributed by atoms with Crippen LogP contribution in [0.25, 0.3) is 0 Å². The highest BCUT2D eigenvalue weighted by Crippen LogP contribution is 2.28. The molecule has 1 saturated heterocycles. The maximum atomic E-state index is 12.1. The first-order valence-corrected chi connectivity index (χ1v) is 7.59. The Bertz CT molecular complexity index is 352. The van der Waals surface area contributed by atoms with E-state index >= 15 is 0 Å². The molecular formula is C11H25N3O2S. The Morgan fingerprint density at radius 2 is 2.06 bits per heavy atom. The zero-order chi connectivity index (χ0) is 13.3. The van der Waals surface area contributed by atoms with Crippen LogP contribution in [-0.2, 0) is 10.2 Å². The first-order chi connectivity index (χ1) is 7.65. The van der Waals surface area contributed by atoms with E-state index in [0.29, 0.717) is 25.6 Å². The molecule has 1 atom stereocenters. The van der Waals surface area contributed by atoms with Gasteiger partial charge in [-0.25, -0.2) is 4.72 Å². The van der Waals surface area contributed by atoms with Gasteiger partial charge in [0.05, 0.1) is 0 Å². The van der Waals surface area contributed by atoms with Crippen molar-refractivity contribution in [2.24, 2.45) is 17.1 Å². The normalized spacial score (nSPS) is 26.4. The van der Waals surface area contributed by atoms with E-state index in [4.69, 9.17) is 5.73 Å². The first kappa shape index (κ1) is 14.9. The molecule has 1 rings (SSSR count). The lowest BCUT2D eigenvalue weighted by molar-refractivity contribution is 0.154. The summed E-state index contributed by atoms with van der Waals surface area (Å²) in [6, 6.07) is 0.0686. The van der Waals surface area contributed by atoms with Gasteiger partial charge >= 0.3 is 0 Å². The lowest BCUT2D eigenvalue weighted by Crippen LogP contribution is -2.56. The third-order valence-electron chi connectivity index (χ3n) is 3.29. The molecule has 1 aliphatic heterocycles. The maximum absolute atomic E-state index is 12.1. The van der Waals surface area contributed by atoms with E-state index in [0.717, 1.165) is 6.42 Å². The van der Waals surface area contributed by atoms with Crippen LogP contribution in [0, 0.1) is 11.3 Å². The number of nitrogens with two attached hydrogens (primary N) is 1. The molecule has 6 heteroatoms. The lowest BCUT2D eigenvalue weighted by Gasteiger charge is -2.41. The summed E-state index contributed by atoms with van der Waals surface area (Å²) >= 11 is 0. The Kier molecular flexibility index (Phi) is 4.57. The zero-order valence-corrected chi connectivity index (χ0v) is 12.0. The Morgan fingerprint density at radius 3 is 2.53 bits per heavy atom. The van der Waals surface area contributed by atoms with Crippen LogP contribution in [0.3, 0.4) is 0 Å². The molecule has 1 unspecified atom stereocenters. The Labute approximate surface area is 105 Å². The van der Waals surface area contributed by atoms with Crippen LogP contribution in [0.15, 0.2) is 0 Å². The van der Waals surface area contributed by atoms with Crippen LogP contribution in [0.2, 0.25) is 0 Å². The fourth-order valence-electron chi connectivity index (χ4n) is 1.89. The molecule has 1 fully saturated rings. The van der Waals surface area contributed by atoms with Crippen molar-refractivity contribution < 1.29 is 8.42 Å². The van der Waals surface area contributed by atoms with Crippen molar-refractivity contribution in [2.45, 2.75) is 40.2 Å². The second-order valence-corrected chi connectivity index (χ2v) is 7.72. The van der Waals surface area contributed by atoms with Crippen molar-refractivity contribution in [1.29, 1.82) is 0 Å². The molecule has 1 heterocycles. The quantitative estimate of drug-likeness (QED) is 0.777. The molecule has 3 N–H and O–H groups in total. The third-order valence-corrected chi connectivity index (χ3v) is 4.81. The number of hydrogen-bond donors (Lipinski definition) is 2. The molecule has 0 aliphatic carbocycles. The number of rotatable bonds is 4. The Balaban J connectivity index is 2.67. The van der Waals surface area contributed by atoms with Gasteiger partial charge in [0, 0.05) is 25.7 Å². The van der Waals surface area contributed by atoms with Crippen molar-refractivity contribution in [1.82, 2.24) is 9.03 Å². The summed E-state index contributed by atoms with van der Waals surface area (Å²) in [4.78, 5) is 0. The van der Waals surface area contributed by atoms with Crippen molar-refractivity contribution >= 4 is 10.2 Å². The monoisotopic (exact) mass is 263 g/mol. The van der Waals surface area contributed by atoms with Crippen LogP contribution in [-0.4, -0.2) is 38.4 Å². The fourth-order valence-corrected chi connectivity index (χ4v) is 3.47. The summed E-state index contributed by atoms with van der Waals surface area (Å²) in [6.45, 7) is 9.48. The highest BCUT2D eigenvalue weighted by atomic mass is 32.2. The van der Waals surface area contributed by atoms with E-state index in [9.17, 15) is 8.42 Å². The minimum absolute atomic E-state index is 0.0686. The lowest BCUT2D eigenvalue weighted by atomic mass is 9.81. The molecule has 5 nitrogen and oxygen atoms in total. The summed E-state index contributed by atoms with van der Waals surface area (Å²) in [5.41, 5.74) is 5.84. The Hall–Kier alpha value is -0.170. The highest BCUT2D eigenvalue weighted by molar-refractivity contribution is 7.87. The van der Waals surface area contributed by atoms with Gasteiger partial charge in [-0.15, -0.1) is 0 Å². The molecule has 0 amide bonds. The number of hydrogen-bond acceptors (Lipinski definition) is 3. The summed E-state index contributed by atoms with van der Waals surface area (Å²) in [5.74, 6) is 0.310. The van der Waals surface area contributed by atoms with Gasteiger partial charge < -0.3 is 5.73 Å². The van der Waals surface area contributed by atoms with Crippen molar-refractivity contribution in [3.8, 4) is 0 Å². The molecule has 102 valence electrons. The topological polar surface area (TPSA) is 75.4 Å². The maximum Gasteiger partial charge on any atom is 0.279 e. The number of nitrogens with one attached hydrogen (secondary N) is 1. The molecule has 0 bridgehead atoms. The molecule has 0 radical (unpaired) electrons. The van der Waals surface area contributed by atoms with Crippen molar-refractivity contribution in [3.63, 3.8) is 0 Å². The smallest absolute Gasteiger partial charge is 0.279 e. The van der Waals surface area contributed by atoms with Crippen LogP contribution >= 0.6 is 0 Å². The molecule has 1 aliphatic rings. The van der Waals surface area contributed by atoms with E-state index in [1.165, 1.54) is 4.31 Å². The highest BCUT2D eigenvalue weighted by Gasteiger charge is 2.38. The second-order valence-electron chi connectivity index (χ2n) is 5.96. The van der Waals surface area contributed by atoms with Crippen molar-refractivity contribution in [3.05, 3.63) is 0 Å². The minimum atomic E-state index is -3.35. The van der Waals surface area contributed by atoms with Gasteiger partial charge in [0.1, 0.15) is 0 Å². The average Bonchev–Trinajstić information content (AvgIpc) is 2.19. The summed E-state index contributed by atoms with van der Waals surface area (Å²) in [7, 11) is -3.35. The van der Waals surface area contributed by atoms with Gasteiger partial charge in [-0.1, -0.05) is 27.7 Å². The average molecular weight is 263 g/mol. The minimum Gasteiger partial charge on any atom is -0.327 e. The third kappa shape index (κ3) is 3.91. The summed E-state index contributed by atoms with van der Waals surface area (Å²) in [5, 5.41) is 0. The zero-order valence-electron chi connectivity index (χ0n) is 11.2. The van der Waals surface area contributed by atoms with E-state index in [1.54, 1.807) is 0 Å². The largest absolute Gasteiger partial charge is 0.327 e. The van der Waals surface area contributed by atoms with Crippen LogP contribution < -0.4 is 10.5 Å². The molecule has 0 aromatic rings. The van der Waals surface area contributed by atoms with Gasteiger partial charge in [0.15, 0.2) is 0 Å². The molecular weight excluding hydrogens is 238 g/mol. The predicted molar refractivity (Wildman–Crippen MR) is 69.7 cm³/mol. The van der Waals surface area contributed by atoms with Crippen LogP contribution in [0.5, 0.6) is 0 Å². The molecule has 0 aromatic carbocycles. The van der Waals surface area contributed by atoms with Crippen LogP contribution in [0.4, 0.5) is 0 Å². The molecule has 17 heavy (non-hydrogen) atoms. The molecule has 0 spiro atoms. The van der Waals surface area contributed by atoms with E-state index in [-0.39, 0.29) is 11.5 Å². The standard InChI is InChI=1S/C11H25N3O2S/c1-9(2)7-13-17(15,16)14-6-5-10(12)11(3,4)8-14/h9-10,13H,5-8,12H2,1-4H3. The SMILES string of the molecule is CC(C)CNS(=O)(=O)N1CCC(N)C(C)(C)C1. The second kappa shape index (κ2) is 5.22. The van der Waals surface area contributed by atoms with Crippen molar-refractivity contribution in [2.75, 3.05) is 19.6 Å². The van der Waals surface area contributed by atoms with Gasteiger partial charge in [0.25, 0.3) is 10.2 Å². The fraction of sp³-hybridized carbons (Fsp3) is 1.00. The van der Waals surface area contributed by atoms with Gasteiger partial charge in [-0.05, 0) is 17.8 Å².